The molecule has 1 amide bonds. The molecule has 2 rings (SSSR count). The molecule has 0 aromatic rings. The first-order chi connectivity index (χ1) is 10.1. The molecule has 1 aliphatic carbocycles. The van der Waals surface area contributed by atoms with Gasteiger partial charge in [-0.25, -0.2) is 0 Å². The van der Waals surface area contributed by atoms with Crippen LogP contribution in [0.3, 0.4) is 0 Å². The summed E-state index contributed by atoms with van der Waals surface area (Å²) >= 11 is 0. The normalized spacial score (nSPS) is 26.2. The number of hydrogen-bond donors (Lipinski definition) is 2. The first-order valence-electron chi connectivity index (χ1n) is 8.45. The van der Waals surface area contributed by atoms with Crippen molar-refractivity contribution in [2.24, 2.45) is 5.92 Å². The molecule has 4 heteroatoms. The molecule has 21 heavy (non-hydrogen) atoms. The number of rotatable bonds is 6. The summed E-state index contributed by atoms with van der Waals surface area (Å²) < 4.78 is 0. The smallest absolute Gasteiger partial charge is 0.237 e. The van der Waals surface area contributed by atoms with Gasteiger partial charge in [0.2, 0.25) is 5.91 Å². The molecule has 3 unspecified atom stereocenters. The molecule has 0 aromatic carbocycles. The summed E-state index contributed by atoms with van der Waals surface area (Å²) in [6.07, 6.45) is 9.06. The highest BCUT2D eigenvalue weighted by atomic mass is 16.3. The maximum absolute atomic E-state index is 12.2. The van der Waals surface area contributed by atoms with Gasteiger partial charge in [-0.15, -0.1) is 0 Å². The SMILES string of the molecule is CC(O)C1CCN(C(C)C(=O)NCCC2=CCCCC2)C1. The Morgan fingerprint density at radius 1 is 1.48 bits per heavy atom. The van der Waals surface area contributed by atoms with E-state index in [9.17, 15) is 9.90 Å². The number of nitrogens with zero attached hydrogens (tertiary/aromatic N) is 1. The number of likely N-dealkylation sites (tertiary alicyclic amines) is 1. The third kappa shape index (κ3) is 4.82. The Morgan fingerprint density at radius 3 is 2.90 bits per heavy atom. The summed E-state index contributed by atoms with van der Waals surface area (Å²) in [7, 11) is 0. The lowest BCUT2D eigenvalue weighted by Crippen LogP contribution is -2.44. The van der Waals surface area contributed by atoms with Crippen molar-refractivity contribution in [3.05, 3.63) is 11.6 Å². The van der Waals surface area contributed by atoms with E-state index in [4.69, 9.17) is 0 Å². The molecule has 0 spiro atoms. The van der Waals surface area contributed by atoms with Crippen LogP contribution in [0.2, 0.25) is 0 Å². The van der Waals surface area contributed by atoms with Crippen LogP contribution < -0.4 is 5.32 Å². The maximum Gasteiger partial charge on any atom is 0.237 e. The standard InChI is InChI=1S/C17H30N2O2/c1-13(19-11-9-16(12-19)14(2)20)17(21)18-10-8-15-6-4-3-5-7-15/h6,13-14,16,20H,3-5,7-12H2,1-2H3,(H,18,21). The van der Waals surface area contributed by atoms with Crippen LogP contribution in [-0.4, -0.2) is 47.7 Å². The second kappa shape index (κ2) is 7.95. The lowest BCUT2D eigenvalue weighted by molar-refractivity contribution is -0.125. The van der Waals surface area contributed by atoms with Crippen molar-refractivity contribution in [1.29, 1.82) is 0 Å². The number of amides is 1. The maximum atomic E-state index is 12.2. The van der Waals surface area contributed by atoms with Crippen LogP contribution in [0.1, 0.15) is 52.4 Å². The summed E-state index contributed by atoms with van der Waals surface area (Å²) in [5.41, 5.74) is 1.50. The van der Waals surface area contributed by atoms with Gasteiger partial charge in [-0.05, 0) is 64.8 Å². The van der Waals surface area contributed by atoms with E-state index >= 15 is 0 Å². The minimum absolute atomic E-state index is 0.0888. The van der Waals surface area contributed by atoms with Crippen LogP contribution in [-0.2, 0) is 4.79 Å². The Kier molecular flexibility index (Phi) is 6.24. The number of carbonyl (C=O) groups is 1. The molecule has 120 valence electrons. The van der Waals surface area contributed by atoms with E-state index in [1.807, 2.05) is 13.8 Å². The monoisotopic (exact) mass is 294 g/mol. The van der Waals surface area contributed by atoms with Gasteiger partial charge in [-0.2, -0.15) is 0 Å². The van der Waals surface area contributed by atoms with E-state index in [0.29, 0.717) is 5.92 Å². The summed E-state index contributed by atoms with van der Waals surface area (Å²) in [6.45, 7) is 6.31. The topological polar surface area (TPSA) is 52.6 Å². The number of aliphatic hydroxyl groups excluding tert-OH is 1. The molecular formula is C17H30N2O2. The number of allylic oxidation sites excluding steroid dienone is 1. The van der Waals surface area contributed by atoms with Gasteiger partial charge in [0.25, 0.3) is 0 Å². The van der Waals surface area contributed by atoms with Crippen LogP contribution in [0.25, 0.3) is 0 Å². The van der Waals surface area contributed by atoms with E-state index < -0.39 is 0 Å². The Balaban J connectivity index is 1.69. The van der Waals surface area contributed by atoms with Gasteiger partial charge in [0.1, 0.15) is 0 Å². The van der Waals surface area contributed by atoms with Gasteiger partial charge in [0.05, 0.1) is 12.1 Å². The predicted octanol–water partition coefficient (Wildman–Crippen LogP) is 2.08. The molecule has 3 atom stereocenters. The van der Waals surface area contributed by atoms with Crippen LogP contribution in [0.4, 0.5) is 0 Å². The average Bonchev–Trinajstić information content (AvgIpc) is 2.97. The lowest BCUT2D eigenvalue weighted by atomic mass is 9.97. The fourth-order valence-electron chi connectivity index (χ4n) is 3.35. The highest BCUT2D eigenvalue weighted by molar-refractivity contribution is 5.81. The summed E-state index contributed by atoms with van der Waals surface area (Å²) in [4.78, 5) is 14.4. The number of carbonyl (C=O) groups excluding carboxylic acids is 1. The quantitative estimate of drug-likeness (QED) is 0.738. The molecule has 1 aliphatic heterocycles. The van der Waals surface area contributed by atoms with Crippen molar-refractivity contribution < 1.29 is 9.90 Å². The molecule has 2 N–H and O–H groups in total. The van der Waals surface area contributed by atoms with Crippen LogP contribution in [0, 0.1) is 5.92 Å². The zero-order valence-corrected chi connectivity index (χ0v) is 13.5. The second-order valence-electron chi connectivity index (χ2n) is 6.61. The lowest BCUT2D eigenvalue weighted by Gasteiger charge is -2.24. The molecular weight excluding hydrogens is 264 g/mol. The van der Waals surface area contributed by atoms with Crippen molar-refractivity contribution in [2.45, 2.75) is 64.5 Å². The minimum atomic E-state index is -0.275. The van der Waals surface area contributed by atoms with Crippen molar-refractivity contribution in [3.8, 4) is 0 Å². The fourth-order valence-corrected chi connectivity index (χ4v) is 3.35. The van der Waals surface area contributed by atoms with Crippen molar-refractivity contribution in [3.63, 3.8) is 0 Å². The van der Waals surface area contributed by atoms with Crippen LogP contribution >= 0.6 is 0 Å². The van der Waals surface area contributed by atoms with E-state index in [2.05, 4.69) is 16.3 Å². The van der Waals surface area contributed by atoms with Gasteiger partial charge < -0.3 is 10.4 Å². The Morgan fingerprint density at radius 2 is 2.29 bits per heavy atom. The van der Waals surface area contributed by atoms with Gasteiger partial charge in [0, 0.05) is 13.1 Å². The molecule has 1 fully saturated rings. The second-order valence-corrected chi connectivity index (χ2v) is 6.61. The fraction of sp³-hybridized carbons (Fsp3) is 0.824. The van der Waals surface area contributed by atoms with E-state index in [1.165, 1.54) is 31.3 Å². The zero-order valence-electron chi connectivity index (χ0n) is 13.5. The Labute approximate surface area is 128 Å². The highest BCUT2D eigenvalue weighted by Crippen LogP contribution is 2.22. The molecule has 0 saturated carbocycles. The number of nitrogens with one attached hydrogen (secondary N) is 1. The van der Waals surface area contributed by atoms with Gasteiger partial charge in [-0.1, -0.05) is 11.6 Å². The summed E-state index contributed by atoms with van der Waals surface area (Å²) in [5, 5.41) is 12.7. The van der Waals surface area contributed by atoms with Crippen molar-refractivity contribution in [2.75, 3.05) is 19.6 Å². The molecule has 1 saturated heterocycles. The number of aliphatic hydroxyl groups is 1. The summed E-state index contributed by atoms with van der Waals surface area (Å²) in [6, 6.07) is -0.0888. The molecule has 0 aromatic heterocycles. The largest absolute Gasteiger partial charge is 0.393 e. The highest BCUT2D eigenvalue weighted by Gasteiger charge is 2.31. The van der Waals surface area contributed by atoms with Gasteiger partial charge in [-0.3, -0.25) is 9.69 Å². The van der Waals surface area contributed by atoms with Gasteiger partial charge >= 0.3 is 0 Å². The van der Waals surface area contributed by atoms with Crippen molar-refractivity contribution >= 4 is 5.91 Å². The zero-order chi connectivity index (χ0) is 15.2. The van der Waals surface area contributed by atoms with Crippen LogP contribution in [0.15, 0.2) is 11.6 Å². The minimum Gasteiger partial charge on any atom is -0.393 e. The third-order valence-electron chi connectivity index (χ3n) is 5.00. The molecule has 0 bridgehead atoms. The average molecular weight is 294 g/mol. The number of hydrogen-bond acceptors (Lipinski definition) is 3. The first-order valence-corrected chi connectivity index (χ1v) is 8.45. The van der Waals surface area contributed by atoms with E-state index in [-0.39, 0.29) is 18.1 Å². The Hall–Kier alpha value is -0.870. The first kappa shape index (κ1) is 16.5. The van der Waals surface area contributed by atoms with Crippen molar-refractivity contribution in [1.82, 2.24) is 10.2 Å². The van der Waals surface area contributed by atoms with Gasteiger partial charge in [0.15, 0.2) is 0 Å². The Bertz CT molecular complexity index is 379. The summed E-state index contributed by atoms with van der Waals surface area (Å²) in [5.74, 6) is 0.435. The van der Waals surface area contributed by atoms with E-state index in [0.717, 1.165) is 32.5 Å². The molecule has 0 radical (unpaired) electrons. The van der Waals surface area contributed by atoms with E-state index in [1.54, 1.807) is 0 Å². The molecule has 1 heterocycles. The molecule has 4 nitrogen and oxygen atoms in total. The van der Waals surface area contributed by atoms with Crippen LogP contribution in [0.5, 0.6) is 0 Å². The molecule has 2 aliphatic rings. The third-order valence-corrected chi connectivity index (χ3v) is 5.00. The predicted molar refractivity (Wildman–Crippen MR) is 85.0 cm³/mol.